The fraction of sp³-hybridized carbons (Fsp3) is 0.900. The molecule has 3 saturated carbocycles. The molecule has 282 valence electrons. The van der Waals surface area contributed by atoms with E-state index >= 15 is 0 Å². The Kier molecular flexibility index (Phi) is 16.9. The van der Waals surface area contributed by atoms with Crippen molar-refractivity contribution in [3.8, 4) is 0 Å². The van der Waals surface area contributed by atoms with Crippen molar-refractivity contribution >= 4 is 27.8 Å². The van der Waals surface area contributed by atoms with Gasteiger partial charge in [-0.05, 0) is 91.3 Å². The maximum Gasteiger partial charge on any atom is 0.308 e. The van der Waals surface area contributed by atoms with Crippen molar-refractivity contribution in [2.75, 3.05) is 64.7 Å². The maximum atomic E-state index is 12.7. The van der Waals surface area contributed by atoms with Crippen LogP contribution in [-0.2, 0) is 33.3 Å². The molecule has 0 aromatic rings. The Morgan fingerprint density at radius 1 is 0.857 bits per heavy atom. The van der Waals surface area contributed by atoms with Crippen LogP contribution in [0.25, 0.3) is 0 Å². The van der Waals surface area contributed by atoms with Gasteiger partial charge in [-0.3, -0.25) is 9.59 Å². The minimum Gasteiger partial charge on any atom is -0.462 e. The summed E-state index contributed by atoms with van der Waals surface area (Å²) in [7, 11) is 0. The Balaban J connectivity index is 1.07. The summed E-state index contributed by atoms with van der Waals surface area (Å²) in [5.74, 6) is 4.83. The first kappa shape index (κ1) is 40.8. The largest absolute Gasteiger partial charge is 0.462 e. The Labute approximate surface area is 306 Å². The number of esters is 1. The van der Waals surface area contributed by atoms with Gasteiger partial charge in [0, 0.05) is 13.0 Å². The van der Waals surface area contributed by atoms with Crippen LogP contribution in [0.15, 0.2) is 11.6 Å². The number of alkyl halides is 1. The molecule has 9 heteroatoms. The molecule has 0 aromatic carbocycles. The molecule has 4 aliphatic rings. The molecule has 4 unspecified atom stereocenters. The summed E-state index contributed by atoms with van der Waals surface area (Å²) >= 11 is 3.10. The van der Waals surface area contributed by atoms with E-state index in [1.165, 1.54) is 51.4 Å². The molecule has 8 nitrogen and oxygen atoms in total. The normalized spacial score (nSPS) is 31.4. The van der Waals surface area contributed by atoms with Crippen LogP contribution in [-0.4, -0.2) is 82.7 Å². The number of carbonyl (C=O) groups excluding carboxylic acids is 2. The van der Waals surface area contributed by atoms with E-state index in [0.29, 0.717) is 70.1 Å². The third kappa shape index (κ3) is 11.5. The van der Waals surface area contributed by atoms with Crippen molar-refractivity contribution in [2.24, 2.45) is 46.3 Å². The van der Waals surface area contributed by atoms with Crippen LogP contribution in [0.3, 0.4) is 0 Å². The van der Waals surface area contributed by atoms with Gasteiger partial charge in [-0.1, -0.05) is 81.5 Å². The van der Waals surface area contributed by atoms with Gasteiger partial charge in [0.1, 0.15) is 6.10 Å². The molecular formula is C40H68BrNO7. The van der Waals surface area contributed by atoms with E-state index in [2.05, 4.69) is 61.9 Å². The zero-order valence-corrected chi connectivity index (χ0v) is 33.0. The van der Waals surface area contributed by atoms with E-state index in [1.807, 2.05) is 0 Å². The quantitative estimate of drug-likeness (QED) is 0.0520. The molecular weight excluding hydrogens is 686 g/mol. The fourth-order valence-electron chi connectivity index (χ4n) is 10.2. The lowest BCUT2D eigenvalue weighted by Gasteiger charge is -2.58. The molecule has 0 saturated heterocycles. The molecule has 0 aliphatic heterocycles. The molecule has 3 fully saturated rings. The molecule has 49 heavy (non-hydrogen) atoms. The number of hydrogen-bond donors (Lipinski definition) is 1. The summed E-state index contributed by atoms with van der Waals surface area (Å²) in [4.78, 5) is 23.8. The van der Waals surface area contributed by atoms with Gasteiger partial charge in [0.2, 0.25) is 5.91 Å². The lowest BCUT2D eigenvalue weighted by molar-refractivity contribution is -0.152. The number of fused-ring (bicyclic) bond motifs is 5. The summed E-state index contributed by atoms with van der Waals surface area (Å²) in [6.45, 7) is 16.6. The highest BCUT2D eigenvalue weighted by atomic mass is 79.9. The number of carbonyl (C=O) groups is 2. The maximum absolute atomic E-state index is 12.7. The Morgan fingerprint density at radius 3 is 2.20 bits per heavy atom. The molecule has 0 spiro atoms. The Morgan fingerprint density at radius 2 is 1.53 bits per heavy atom. The van der Waals surface area contributed by atoms with Gasteiger partial charge in [0.15, 0.2) is 0 Å². The van der Waals surface area contributed by atoms with E-state index in [-0.39, 0.29) is 29.8 Å². The van der Waals surface area contributed by atoms with Crippen LogP contribution >= 0.6 is 15.9 Å². The predicted molar refractivity (Wildman–Crippen MR) is 198 cm³/mol. The van der Waals surface area contributed by atoms with Crippen LogP contribution in [0.1, 0.15) is 112 Å². The van der Waals surface area contributed by atoms with Crippen molar-refractivity contribution in [3.63, 3.8) is 0 Å². The minimum absolute atomic E-state index is 0.00592. The SMILES string of the molecule is CC(C)CCC[C@@H](C)[C@H]1CCC2C3CC=C4CC(OC(=O)CCOCCOCCOCCOCCNC(=O)CBr)CC[C@]4(C)C3CC[C@@]21C. The number of allylic oxidation sites excluding steroid dienone is 1. The van der Waals surface area contributed by atoms with Crippen molar-refractivity contribution in [2.45, 2.75) is 118 Å². The predicted octanol–water partition coefficient (Wildman–Crippen LogP) is 7.91. The Bertz CT molecular complexity index is 1050. The third-order valence-electron chi connectivity index (χ3n) is 12.8. The first-order valence-corrected chi connectivity index (χ1v) is 20.7. The first-order valence-electron chi connectivity index (χ1n) is 19.6. The van der Waals surface area contributed by atoms with Crippen LogP contribution in [0.2, 0.25) is 0 Å². The van der Waals surface area contributed by atoms with Gasteiger partial charge in [-0.2, -0.15) is 0 Å². The lowest BCUT2D eigenvalue weighted by Crippen LogP contribution is -2.51. The smallest absolute Gasteiger partial charge is 0.308 e. The molecule has 0 heterocycles. The van der Waals surface area contributed by atoms with Crippen molar-refractivity contribution < 1.29 is 33.3 Å². The van der Waals surface area contributed by atoms with Crippen LogP contribution in [0, 0.1) is 46.3 Å². The number of rotatable bonds is 22. The third-order valence-corrected chi connectivity index (χ3v) is 13.3. The Hall–Kier alpha value is -1.00. The summed E-state index contributed by atoms with van der Waals surface area (Å²) in [5.41, 5.74) is 2.35. The van der Waals surface area contributed by atoms with Gasteiger partial charge in [-0.25, -0.2) is 0 Å². The molecule has 4 aliphatic carbocycles. The zero-order chi connectivity index (χ0) is 35.3. The minimum atomic E-state index is -0.155. The van der Waals surface area contributed by atoms with Crippen LogP contribution < -0.4 is 5.32 Å². The second-order valence-corrected chi connectivity index (χ2v) is 16.9. The molecule has 4 rings (SSSR count). The highest BCUT2D eigenvalue weighted by molar-refractivity contribution is 9.09. The monoisotopic (exact) mass is 753 g/mol. The van der Waals surface area contributed by atoms with E-state index < -0.39 is 0 Å². The second kappa shape index (κ2) is 20.3. The average Bonchev–Trinajstić information content (AvgIpc) is 3.43. The number of halogens is 1. The van der Waals surface area contributed by atoms with E-state index in [0.717, 1.165) is 54.8 Å². The highest BCUT2D eigenvalue weighted by Gasteiger charge is 2.59. The van der Waals surface area contributed by atoms with E-state index in [9.17, 15) is 9.59 Å². The van der Waals surface area contributed by atoms with Crippen LogP contribution in [0.4, 0.5) is 0 Å². The standard InChI is InChI=1S/C40H68BrNO7/c1-29(2)7-6-8-30(3)34-11-12-35-33-10-9-31-27-32(13-16-39(31,4)36(33)14-17-40(34,35)5)49-38(44)15-19-45-21-23-47-25-26-48-24-22-46-20-18-42-37(43)28-41/h9,29-30,32-36H,6-8,10-28H2,1-5H3,(H,42,43)/t30-,32?,33?,34-,35?,36?,39+,40-/m1/s1. The molecule has 0 bridgehead atoms. The van der Waals surface area contributed by atoms with Gasteiger partial charge in [-0.15, -0.1) is 0 Å². The van der Waals surface area contributed by atoms with E-state index in [4.69, 9.17) is 23.7 Å². The molecule has 1 N–H and O–H groups in total. The van der Waals surface area contributed by atoms with Crippen LogP contribution in [0.5, 0.6) is 0 Å². The number of hydrogen-bond acceptors (Lipinski definition) is 7. The average molecular weight is 755 g/mol. The highest BCUT2D eigenvalue weighted by Crippen LogP contribution is 2.67. The summed E-state index contributed by atoms with van der Waals surface area (Å²) in [6, 6.07) is 0. The lowest BCUT2D eigenvalue weighted by atomic mass is 9.47. The molecule has 0 aromatic heterocycles. The molecule has 1 amide bonds. The van der Waals surface area contributed by atoms with Gasteiger partial charge < -0.3 is 29.0 Å². The zero-order valence-electron chi connectivity index (χ0n) is 31.4. The molecule has 0 radical (unpaired) electrons. The van der Waals surface area contributed by atoms with E-state index in [1.54, 1.807) is 5.57 Å². The number of amides is 1. The topological polar surface area (TPSA) is 92.3 Å². The summed E-state index contributed by atoms with van der Waals surface area (Å²) in [5, 5.41) is 3.02. The first-order chi connectivity index (χ1) is 23.6. The second-order valence-electron chi connectivity index (χ2n) is 16.3. The van der Waals surface area contributed by atoms with Gasteiger partial charge >= 0.3 is 5.97 Å². The van der Waals surface area contributed by atoms with Crippen molar-refractivity contribution in [1.82, 2.24) is 5.32 Å². The summed E-state index contributed by atoms with van der Waals surface area (Å²) in [6.07, 6.45) is 16.9. The van der Waals surface area contributed by atoms with Crippen molar-refractivity contribution in [1.29, 1.82) is 0 Å². The number of nitrogens with one attached hydrogen (secondary N) is 1. The van der Waals surface area contributed by atoms with Gasteiger partial charge in [0.25, 0.3) is 0 Å². The van der Waals surface area contributed by atoms with Crippen molar-refractivity contribution in [3.05, 3.63) is 11.6 Å². The summed E-state index contributed by atoms with van der Waals surface area (Å²) < 4.78 is 28.0. The fourth-order valence-corrected chi connectivity index (χ4v) is 10.4. The molecule has 8 atom stereocenters. The van der Waals surface area contributed by atoms with Gasteiger partial charge in [0.05, 0.1) is 64.6 Å². The number of ether oxygens (including phenoxy) is 5.